The molecule has 0 aliphatic carbocycles. The third-order valence-corrected chi connectivity index (χ3v) is 2.70. The Morgan fingerprint density at radius 1 is 1.47 bits per heavy atom. The highest BCUT2D eigenvalue weighted by Crippen LogP contribution is 2.30. The van der Waals surface area contributed by atoms with Gasteiger partial charge in [-0.25, -0.2) is 0 Å². The summed E-state index contributed by atoms with van der Waals surface area (Å²) in [7, 11) is 0. The van der Waals surface area contributed by atoms with Gasteiger partial charge in [0.1, 0.15) is 5.75 Å². The van der Waals surface area contributed by atoms with E-state index in [1.165, 1.54) is 0 Å². The highest BCUT2D eigenvalue weighted by molar-refractivity contribution is 5.95. The van der Waals surface area contributed by atoms with E-state index < -0.39 is 6.10 Å². The van der Waals surface area contributed by atoms with Gasteiger partial charge in [0, 0.05) is 6.54 Å². The number of carbonyl (C=O) groups is 1. The lowest BCUT2D eigenvalue weighted by Crippen LogP contribution is -2.40. The number of nitrogens with two attached hydrogens (primary N) is 1. The Hall–Kier alpha value is -1.59. The van der Waals surface area contributed by atoms with Crippen LogP contribution < -0.4 is 15.4 Å². The van der Waals surface area contributed by atoms with Gasteiger partial charge in [-0.3, -0.25) is 4.79 Å². The number of carbonyl (C=O) groups excluding carboxylic acids is 1. The average molecular weight is 236 g/mol. The van der Waals surface area contributed by atoms with Crippen molar-refractivity contribution in [2.45, 2.75) is 12.5 Å². The van der Waals surface area contributed by atoms with Crippen molar-refractivity contribution < 1.29 is 14.6 Å². The van der Waals surface area contributed by atoms with Gasteiger partial charge in [-0.1, -0.05) is 12.1 Å². The summed E-state index contributed by atoms with van der Waals surface area (Å²) in [5, 5.41) is 9.59. The third-order valence-electron chi connectivity index (χ3n) is 2.70. The molecule has 1 aliphatic heterocycles. The van der Waals surface area contributed by atoms with E-state index in [1.807, 2.05) is 24.3 Å². The summed E-state index contributed by atoms with van der Waals surface area (Å²) in [4.78, 5) is 13.5. The van der Waals surface area contributed by atoms with Crippen molar-refractivity contribution in [3.63, 3.8) is 0 Å². The molecule has 92 valence electrons. The smallest absolute Gasteiger partial charge is 0.230 e. The van der Waals surface area contributed by atoms with Crippen LogP contribution in [-0.2, 0) is 4.79 Å². The van der Waals surface area contributed by atoms with Crippen LogP contribution in [0.25, 0.3) is 0 Å². The fourth-order valence-corrected chi connectivity index (χ4v) is 1.81. The predicted octanol–water partition coefficient (Wildman–Crippen LogP) is 0.122. The Morgan fingerprint density at radius 2 is 2.24 bits per heavy atom. The lowest BCUT2D eigenvalue weighted by molar-refractivity contribution is -0.119. The van der Waals surface area contributed by atoms with Gasteiger partial charge in [0.2, 0.25) is 5.91 Å². The van der Waals surface area contributed by atoms with Gasteiger partial charge in [-0.2, -0.15) is 0 Å². The minimum atomic E-state index is -0.717. The van der Waals surface area contributed by atoms with E-state index in [4.69, 9.17) is 10.5 Å². The van der Waals surface area contributed by atoms with E-state index in [9.17, 15) is 9.90 Å². The molecule has 0 saturated heterocycles. The quantitative estimate of drug-likeness (QED) is 0.781. The third kappa shape index (κ3) is 2.57. The van der Waals surface area contributed by atoms with Gasteiger partial charge in [0.25, 0.3) is 0 Å². The lowest BCUT2D eigenvalue weighted by Gasteiger charge is -2.24. The van der Waals surface area contributed by atoms with Crippen LogP contribution in [0.4, 0.5) is 5.69 Å². The standard InChI is InChI=1S/C12H16N2O3/c13-7-9(15)8-14-10-3-1-2-4-11(10)17-6-5-12(14)16/h1-4,9,15H,5-8,13H2. The number of ether oxygens (including phenoxy) is 1. The van der Waals surface area contributed by atoms with Gasteiger partial charge in [-0.15, -0.1) is 0 Å². The second-order valence-corrected chi connectivity index (χ2v) is 3.96. The number of β-amino-alcohol motifs (C(OH)–C–C–N with tert-alkyl or cyclic N) is 1. The maximum absolute atomic E-state index is 11.9. The van der Waals surface area contributed by atoms with Crippen LogP contribution in [0.3, 0.4) is 0 Å². The van der Waals surface area contributed by atoms with Crippen molar-refractivity contribution >= 4 is 11.6 Å². The first-order valence-electron chi connectivity index (χ1n) is 5.62. The van der Waals surface area contributed by atoms with Crippen LogP contribution in [0.1, 0.15) is 6.42 Å². The number of benzene rings is 1. The molecule has 0 fully saturated rings. The average Bonchev–Trinajstić information content (AvgIpc) is 2.50. The molecule has 3 N–H and O–H groups in total. The highest BCUT2D eigenvalue weighted by atomic mass is 16.5. The zero-order valence-corrected chi connectivity index (χ0v) is 9.50. The van der Waals surface area contributed by atoms with Gasteiger partial charge in [0.05, 0.1) is 31.4 Å². The van der Waals surface area contributed by atoms with Crippen molar-refractivity contribution in [2.24, 2.45) is 5.73 Å². The molecule has 1 aliphatic rings. The van der Waals surface area contributed by atoms with Gasteiger partial charge < -0.3 is 20.5 Å². The Morgan fingerprint density at radius 3 is 3.00 bits per heavy atom. The second kappa shape index (κ2) is 5.16. The van der Waals surface area contributed by atoms with Crippen molar-refractivity contribution in [3.8, 4) is 5.75 Å². The first-order valence-corrected chi connectivity index (χ1v) is 5.62. The van der Waals surface area contributed by atoms with Crippen LogP contribution >= 0.6 is 0 Å². The number of nitrogens with zero attached hydrogens (tertiary/aromatic N) is 1. The Labute approximate surface area is 99.8 Å². The molecular formula is C12H16N2O3. The van der Waals surface area contributed by atoms with E-state index in [2.05, 4.69) is 0 Å². The number of para-hydroxylation sites is 2. The molecule has 1 heterocycles. The van der Waals surface area contributed by atoms with E-state index in [-0.39, 0.29) is 19.0 Å². The largest absolute Gasteiger partial charge is 0.491 e. The molecule has 1 unspecified atom stereocenters. The highest BCUT2D eigenvalue weighted by Gasteiger charge is 2.24. The number of rotatable bonds is 3. The molecule has 0 spiro atoms. The van der Waals surface area contributed by atoms with Crippen LogP contribution in [-0.4, -0.2) is 36.8 Å². The molecular weight excluding hydrogens is 220 g/mol. The molecule has 2 rings (SSSR count). The number of fused-ring (bicyclic) bond motifs is 1. The van der Waals surface area contributed by atoms with Crippen LogP contribution in [0.5, 0.6) is 5.75 Å². The summed E-state index contributed by atoms with van der Waals surface area (Å²) in [5.41, 5.74) is 6.07. The van der Waals surface area contributed by atoms with E-state index in [0.717, 1.165) is 0 Å². The van der Waals surface area contributed by atoms with Crippen LogP contribution in [0, 0.1) is 0 Å². The first kappa shape index (κ1) is 11.9. The van der Waals surface area contributed by atoms with Crippen molar-refractivity contribution in [1.29, 1.82) is 0 Å². The second-order valence-electron chi connectivity index (χ2n) is 3.96. The first-order chi connectivity index (χ1) is 8.22. The molecule has 5 heteroatoms. The van der Waals surface area contributed by atoms with E-state index in [0.29, 0.717) is 24.5 Å². The number of aliphatic hydroxyl groups is 1. The lowest BCUT2D eigenvalue weighted by atomic mass is 10.2. The summed E-state index contributed by atoms with van der Waals surface area (Å²) in [6, 6.07) is 7.31. The number of amides is 1. The Kier molecular flexibility index (Phi) is 3.61. The van der Waals surface area contributed by atoms with Crippen LogP contribution in [0.15, 0.2) is 24.3 Å². The molecule has 0 bridgehead atoms. The minimum absolute atomic E-state index is 0.0533. The monoisotopic (exact) mass is 236 g/mol. The topological polar surface area (TPSA) is 75.8 Å². The summed E-state index contributed by atoms with van der Waals surface area (Å²) < 4.78 is 5.49. The molecule has 0 radical (unpaired) electrons. The van der Waals surface area contributed by atoms with Gasteiger partial charge >= 0.3 is 0 Å². The fraction of sp³-hybridized carbons (Fsp3) is 0.417. The van der Waals surface area contributed by atoms with Crippen molar-refractivity contribution in [1.82, 2.24) is 0 Å². The fourth-order valence-electron chi connectivity index (χ4n) is 1.81. The zero-order valence-electron chi connectivity index (χ0n) is 9.50. The molecule has 5 nitrogen and oxygen atoms in total. The summed E-state index contributed by atoms with van der Waals surface area (Å²) in [6.07, 6.45) is -0.406. The van der Waals surface area contributed by atoms with E-state index >= 15 is 0 Å². The number of hydrogen-bond acceptors (Lipinski definition) is 4. The zero-order chi connectivity index (χ0) is 12.3. The SMILES string of the molecule is NCC(O)CN1C(=O)CCOc2ccccc21. The summed E-state index contributed by atoms with van der Waals surface area (Å²) >= 11 is 0. The predicted molar refractivity (Wildman–Crippen MR) is 64.0 cm³/mol. The maximum atomic E-state index is 11.9. The Bertz CT molecular complexity index is 408. The molecule has 1 aromatic rings. The molecule has 1 atom stereocenters. The normalized spacial score (nSPS) is 17.1. The molecule has 0 saturated carbocycles. The Balaban J connectivity index is 2.30. The molecule has 0 aromatic heterocycles. The van der Waals surface area contributed by atoms with Gasteiger partial charge in [0.15, 0.2) is 0 Å². The molecule has 17 heavy (non-hydrogen) atoms. The number of anilines is 1. The maximum Gasteiger partial charge on any atom is 0.230 e. The van der Waals surface area contributed by atoms with E-state index in [1.54, 1.807) is 4.90 Å². The van der Waals surface area contributed by atoms with Gasteiger partial charge in [-0.05, 0) is 12.1 Å². The van der Waals surface area contributed by atoms with Crippen molar-refractivity contribution in [3.05, 3.63) is 24.3 Å². The minimum Gasteiger partial charge on any atom is -0.491 e. The number of aliphatic hydroxyl groups excluding tert-OH is 1. The summed E-state index contributed by atoms with van der Waals surface area (Å²) in [5.74, 6) is 0.616. The summed E-state index contributed by atoms with van der Waals surface area (Å²) in [6.45, 7) is 0.702. The molecule has 1 amide bonds. The molecule has 1 aromatic carbocycles. The van der Waals surface area contributed by atoms with Crippen molar-refractivity contribution in [2.75, 3.05) is 24.6 Å². The number of hydrogen-bond donors (Lipinski definition) is 2. The van der Waals surface area contributed by atoms with Crippen LogP contribution in [0.2, 0.25) is 0 Å².